The van der Waals surface area contributed by atoms with E-state index in [1.54, 1.807) is 36.4 Å². The summed E-state index contributed by atoms with van der Waals surface area (Å²) in [5.41, 5.74) is 1.47. The number of rotatable bonds is 4. The Kier molecular flexibility index (Phi) is 3.87. The van der Waals surface area contributed by atoms with Crippen molar-refractivity contribution < 1.29 is 14.6 Å². The lowest BCUT2D eigenvalue weighted by Gasteiger charge is -2.12. The summed E-state index contributed by atoms with van der Waals surface area (Å²) in [4.78, 5) is 11.2. The van der Waals surface area contributed by atoms with Gasteiger partial charge in [-0.2, -0.15) is 5.26 Å². The molecule has 2 rings (SSSR count). The van der Waals surface area contributed by atoms with E-state index in [0.29, 0.717) is 22.7 Å². The third-order valence-corrected chi connectivity index (χ3v) is 2.77. The average molecular weight is 268 g/mol. The molecule has 0 amide bonds. The average Bonchev–Trinajstić information content (AvgIpc) is 2.47. The van der Waals surface area contributed by atoms with E-state index >= 15 is 0 Å². The molecule has 0 radical (unpaired) electrons. The molecule has 0 heterocycles. The lowest BCUT2D eigenvalue weighted by atomic mass is 10.1. The zero-order valence-electron chi connectivity index (χ0n) is 10.8. The van der Waals surface area contributed by atoms with Crippen LogP contribution in [0.5, 0.6) is 5.75 Å². The van der Waals surface area contributed by atoms with E-state index in [9.17, 15) is 4.79 Å². The van der Waals surface area contributed by atoms with Crippen LogP contribution in [-0.4, -0.2) is 18.2 Å². The van der Waals surface area contributed by atoms with E-state index in [-0.39, 0.29) is 5.56 Å². The first-order chi connectivity index (χ1) is 9.65. The maximum absolute atomic E-state index is 11.2. The van der Waals surface area contributed by atoms with E-state index < -0.39 is 5.97 Å². The van der Waals surface area contributed by atoms with Crippen LogP contribution in [0.15, 0.2) is 42.5 Å². The summed E-state index contributed by atoms with van der Waals surface area (Å²) >= 11 is 0. The van der Waals surface area contributed by atoms with E-state index in [4.69, 9.17) is 15.1 Å². The van der Waals surface area contributed by atoms with Crippen LogP contribution in [0, 0.1) is 11.3 Å². The molecule has 2 aromatic carbocycles. The van der Waals surface area contributed by atoms with Gasteiger partial charge in [-0.05, 0) is 24.3 Å². The number of nitrogens with one attached hydrogen (secondary N) is 1. The summed E-state index contributed by atoms with van der Waals surface area (Å²) in [6.07, 6.45) is 0. The highest BCUT2D eigenvalue weighted by Gasteiger charge is 2.11. The molecule has 0 saturated heterocycles. The van der Waals surface area contributed by atoms with E-state index in [1.165, 1.54) is 13.2 Å². The fourth-order valence-corrected chi connectivity index (χ4v) is 1.77. The van der Waals surface area contributed by atoms with Gasteiger partial charge >= 0.3 is 5.97 Å². The van der Waals surface area contributed by atoms with E-state index in [1.807, 2.05) is 0 Å². The molecule has 0 aliphatic carbocycles. The molecular formula is C15H12N2O3. The van der Waals surface area contributed by atoms with Gasteiger partial charge in [-0.3, -0.25) is 0 Å². The lowest BCUT2D eigenvalue weighted by Crippen LogP contribution is -2.03. The Bertz CT molecular complexity index is 690. The van der Waals surface area contributed by atoms with Gasteiger partial charge in [-0.15, -0.1) is 0 Å². The molecular weight excluding hydrogens is 256 g/mol. The minimum absolute atomic E-state index is 0.138. The van der Waals surface area contributed by atoms with Crippen LogP contribution < -0.4 is 10.1 Å². The third kappa shape index (κ3) is 2.70. The molecule has 0 spiro atoms. The summed E-state index contributed by atoms with van der Waals surface area (Å²) in [6.45, 7) is 0. The van der Waals surface area contributed by atoms with Gasteiger partial charge in [0.05, 0.1) is 29.6 Å². The monoisotopic (exact) mass is 268 g/mol. The predicted octanol–water partition coefficient (Wildman–Crippen LogP) is 3.01. The van der Waals surface area contributed by atoms with Crippen molar-refractivity contribution in [2.45, 2.75) is 0 Å². The number of nitriles is 1. The molecule has 2 aromatic rings. The Balaban J connectivity index is 2.44. The minimum Gasteiger partial charge on any atom is -0.497 e. The van der Waals surface area contributed by atoms with Crippen molar-refractivity contribution in [3.8, 4) is 11.8 Å². The van der Waals surface area contributed by atoms with Gasteiger partial charge in [0.25, 0.3) is 0 Å². The molecule has 0 bridgehead atoms. The molecule has 0 fully saturated rings. The predicted molar refractivity (Wildman–Crippen MR) is 74.4 cm³/mol. The maximum Gasteiger partial charge on any atom is 0.337 e. The highest BCUT2D eigenvalue weighted by Crippen LogP contribution is 2.27. The van der Waals surface area contributed by atoms with Crippen LogP contribution >= 0.6 is 0 Å². The van der Waals surface area contributed by atoms with Crippen molar-refractivity contribution in [2.75, 3.05) is 12.4 Å². The van der Waals surface area contributed by atoms with Gasteiger partial charge in [0.2, 0.25) is 0 Å². The topological polar surface area (TPSA) is 82.3 Å². The number of ether oxygens (including phenoxy) is 1. The maximum atomic E-state index is 11.2. The van der Waals surface area contributed by atoms with E-state index in [2.05, 4.69) is 11.4 Å². The zero-order chi connectivity index (χ0) is 14.5. The Morgan fingerprint density at radius 2 is 2.00 bits per heavy atom. The summed E-state index contributed by atoms with van der Waals surface area (Å²) in [5.74, 6) is -0.450. The molecule has 0 aliphatic heterocycles. The van der Waals surface area contributed by atoms with Crippen molar-refractivity contribution in [3.63, 3.8) is 0 Å². The second-order valence-electron chi connectivity index (χ2n) is 4.00. The number of methoxy groups -OCH3 is 1. The lowest BCUT2D eigenvalue weighted by molar-refractivity contribution is 0.0698. The van der Waals surface area contributed by atoms with Crippen molar-refractivity contribution in [1.29, 1.82) is 5.26 Å². The van der Waals surface area contributed by atoms with E-state index in [0.717, 1.165) is 0 Å². The van der Waals surface area contributed by atoms with Crippen LogP contribution in [-0.2, 0) is 0 Å². The van der Waals surface area contributed by atoms with Gasteiger partial charge in [0.1, 0.15) is 11.8 Å². The zero-order valence-corrected chi connectivity index (χ0v) is 10.8. The largest absolute Gasteiger partial charge is 0.497 e. The Morgan fingerprint density at radius 3 is 2.65 bits per heavy atom. The van der Waals surface area contributed by atoms with Crippen LogP contribution in [0.1, 0.15) is 15.9 Å². The molecule has 0 atom stereocenters. The number of nitrogens with zero attached hydrogens (tertiary/aromatic N) is 1. The highest BCUT2D eigenvalue weighted by atomic mass is 16.5. The van der Waals surface area contributed by atoms with Crippen LogP contribution in [0.4, 0.5) is 11.4 Å². The summed E-state index contributed by atoms with van der Waals surface area (Å²) in [6, 6.07) is 13.5. The van der Waals surface area contributed by atoms with Crippen molar-refractivity contribution in [2.24, 2.45) is 0 Å². The number of carbonyl (C=O) groups is 1. The first kappa shape index (κ1) is 13.4. The van der Waals surface area contributed by atoms with Crippen LogP contribution in [0.3, 0.4) is 0 Å². The van der Waals surface area contributed by atoms with Crippen molar-refractivity contribution in [1.82, 2.24) is 0 Å². The fourth-order valence-electron chi connectivity index (χ4n) is 1.77. The van der Waals surface area contributed by atoms with Gasteiger partial charge < -0.3 is 15.2 Å². The Hall–Kier alpha value is -3.00. The number of hydrogen-bond donors (Lipinski definition) is 2. The summed E-state index contributed by atoms with van der Waals surface area (Å²) in [7, 11) is 1.52. The summed E-state index contributed by atoms with van der Waals surface area (Å²) < 4.78 is 5.10. The number of carboxylic acid groups (broad SMARTS) is 1. The fraction of sp³-hybridized carbons (Fsp3) is 0.0667. The van der Waals surface area contributed by atoms with Gasteiger partial charge in [0.15, 0.2) is 0 Å². The Morgan fingerprint density at radius 1 is 1.25 bits per heavy atom. The quantitative estimate of drug-likeness (QED) is 0.890. The van der Waals surface area contributed by atoms with Crippen molar-refractivity contribution >= 4 is 17.3 Å². The molecule has 0 aromatic heterocycles. The van der Waals surface area contributed by atoms with Gasteiger partial charge in [-0.25, -0.2) is 4.79 Å². The van der Waals surface area contributed by atoms with Crippen molar-refractivity contribution in [3.05, 3.63) is 53.6 Å². The summed E-state index contributed by atoms with van der Waals surface area (Å²) in [5, 5.41) is 21.2. The second-order valence-corrected chi connectivity index (χ2v) is 4.00. The standard InChI is InChI=1S/C15H12N2O3/c1-20-11-7-6-10(9-16)14(8-11)17-13-5-3-2-4-12(13)15(18)19/h2-8,17H,1H3,(H,18,19). The first-order valence-corrected chi connectivity index (χ1v) is 5.83. The molecule has 0 saturated carbocycles. The molecule has 2 N–H and O–H groups in total. The van der Waals surface area contributed by atoms with Gasteiger partial charge in [0, 0.05) is 6.07 Å². The molecule has 5 heteroatoms. The first-order valence-electron chi connectivity index (χ1n) is 5.83. The molecule has 5 nitrogen and oxygen atoms in total. The number of anilines is 2. The molecule has 20 heavy (non-hydrogen) atoms. The third-order valence-electron chi connectivity index (χ3n) is 2.77. The van der Waals surface area contributed by atoms with Gasteiger partial charge in [-0.1, -0.05) is 12.1 Å². The van der Waals surface area contributed by atoms with Crippen LogP contribution in [0.2, 0.25) is 0 Å². The number of benzene rings is 2. The molecule has 0 aliphatic rings. The number of hydrogen-bond acceptors (Lipinski definition) is 4. The normalized spacial score (nSPS) is 9.60. The number of aromatic carboxylic acids is 1. The number of para-hydroxylation sites is 1. The molecule has 0 unspecified atom stereocenters. The second kappa shape index (κ2) is 5.76. The SMILES string of the molecule is COc1ccc(C#N)c(Nc2ccccc2C(=O)O)c1. The highest BCUT2D eigenvalue weighted by molar-refractivity contribution is 5.95. The minimum atomic E-state index is -1.03. The smallest absolute Gasteiger partial charge is 0.337 e. The van der Waals surface area contributed by atoms with Crippen LogP contribution in [0.25, 0.3) is 0 Å². The molecule has 100 valence electrons. The number of carboxylic acids is 1. The Labute approximate surface area is 116 Å².